The summed E-state index contributed by atoms with van der Waals surface area (Å²) >= 11 is 1.81. The molecule has 0 aromatic carbocycles. The van der Waals surface area contributed by atoms with Crippen molar-refractivity contribution < 1.29 is 0 Å². The van der Waals surface area contributed by atoms with Crippen LogP contribution in [0.15, 0.2) is 6.33 Å². The van der Waals surface area contributed by atoms with Gasteiger partial charge in [0.15, 0.2) is 0 Å². The van der Waals surface area contributed by atoms with Gasteiger partial charge in [0.2, 0.25) is 0 Å². The minimum atomic E-state index is 0.519. The predicted molar refractivity (Wildman–Crippen MR) is 82.1 cm³/mol. The smallest absolute Gasteiger partial charge is 0.140 e. The Morgan fingerprint density at radius 3 is 3.15 bits per heavy atom. The Kier molecular flexibility index (Phi) is 3.58. The van der Waals surface area contributed by atoms with Gasteiger partial charge in [-0.25, -0.2) is 9.97 Å². The van der Waals surface area contributed by atoms with Crippen molar-refractivity contribution >= 4 is 27.4 Å². The second kappa shape index (κ2) is 5.37. The second-order valence-corrected chi connectivity index (χ2v) is 6.64. The number of hydrogen-bond donors (Lipinski definition) is 0. The third-order valence-corrected chi connectivity index (χ3v) is 5.19. The molecule has 0 saturated carbocycles. The summed E-state index contributed by atoms with van der Waals surface area (Å²) in [5.41, 5.74) is 1.45. The number of aromatic nitrogens is 2. The van der Waals surface area contributed by atoms with Gasteiger partial charge in [0, 0.05) is 18.5 Å². The molecule has 0 fully saturated rings. The molecule has 0 saturated heterocycles. The summed E-state index contributed by atoms with van der Waals surface area (Å²) in [5, 5.41) is 9.98. The molecular weight excluding hydrogens is 268 g/mol. The van der Waals surface area contributed by atoms with Crippen LogP contribution < -0.4 is 4.90 Å². The van der Waals surface area contributed by atoms with Crippen molar-refractivity contribution in [3.8, 4) is 6.07 Å². The summed E-state index contributed by atoms with van der Waals surface area (Å²) in [4.78, 5) is 13.6. The maximum absolute atomic E-state index is 8.75. The van der Waals surface area contributed by atoms with Crippen molar-refractivity contribution in [2.24, 2.45) is 5.92 Å². The van der Waals surface area contributed by atoms with Crippen molar-refractivity contribution in [2.45, 2.75) is 32.6 Å². The van der Waals surface area contributed by atoms with E-state index in [0.717, 1.165) is 23.0 Å². The van der Waals surface area contributed by atoms with E-state index in [-0.39, 0.29) is 0 Å². The fraction of sp³-hybridized carbons (Fsp3) is 0.533. The molecule has 20 heavy (non-hydrogen) atoms. The predicted octanol–water partition coefficient (Wildman–Crippen LogP) is 3.17. The third kappa shape index (κ3) is 2.25. The molecule has 1 atom stereocenters. The summed E-state index contributed by atoms with van der Waals surface area (Å²) < 4.78 is 0. The van der Waals surface area contributed by atoms with Crippen molar-refractivity contribution in [3.05, 3.63) is 16.8 Å². The zero-order chi connectivity index (χ0) is 14.1. The quantitative estimate of drug-likeness (QED) is 0.869. The fourth-order valence-corrected chi connectivity index (χ4v) is 4.06. The molecule has 1 unspecified atom stereocenters. The van der Waals surface area contributed by atoms with Crippen molar-refractivity contribution in [1.82, 2.24) is 9.97 Å². The number of fused-ring (bicyclic) bond motifs is 3. The van der Waals surface area contributed by atoms with Crippen LogP contribution in [-0.4, -0.2) is 23.6 Å². The lowest BCUT2D eigenvalue weighted by molar-refractivity contribution is 0.508. The topological polar surface area (TPSA) is 52.8 Å². The number of aryl methyl sites for hydroxylation is 1. The summed E-state index contributed by atoms with van der Waals surface area (Å²) in [6, 6.07) is 2.20. The highest BCUT2D eigenvalue weighted by Crippen LogP contribution is 2.40. The largest absolute Gasteiger partial charge is 0.358 e. The van der Waals surface area contributed by atoms with Crippen molar-refractivity contribution in [1.29, 1.82) is 5.26 Å². The van der Waals surface area contributed by atoms with Gasteiger partial charge in [-0.1, -0.05) is 6.92 Å². The summed E-state index contributed by atoms with van der Waals surface area (Å²) in [7, 11) is 2.01. The molecule has 0 aliphatic heterocycles. The van der Waals surface area contributed by atoms with Crippen LogP contribution in [0.3, 0.4) is 0 Å². The van der Waals surface area contributed by atoms with E-state index in [1.54, 1.807) is 6.33 Å². The lowest BCUT2D eigenvalue weighted by Gasteiger charge is -2.21. The lowest BCUT2D eigenvalue weighted by Crippen LogP contribution is -2.20. The average Bonchev–Trinajstić information content (AvgIpc) is 2.82. The number of nitrogens with zero attached hydrogens (tertiary/aromatic N) is 4. The first kappa shape index (κ1) is 13.3. The number of thiophene rings is 1. The molecule has 0 spiro atoms. The van der Waals surface area contributed by atoms with Gasteiger partial charge in [-0.2, -0.15) is 5.26 Å². The molecular formula is C15H18N4S. The number of rotatable bonds is 3. The Morgan fingerprint density at radius 1 is 1.50 bits per heavy atom. The first-order valence-electron chi connectivity index (χ1n) is 7.04. The van der Waals surface area contributed by atoms with E-state index in [1.165, 1.54) is 28.7 Å². The standard InChI is InChI=1S/C15H18N4S/c1-10-4-5-12-11(8-10)13-14(19(2)7-3-6-16)17-9-18-15(13)20-12/h9-10H,3-5,7-8H2,1-2H3. The van der Waals surface area contributed by atoms with Gasteiger partial charge in [-0.05, 0) is 30.7 Å². The third-order valence-electron chi connectivity index (χ3n) is 3.99. The van der Waals surface area contributed by atoms with Gasteiger partial charge in [-0.15, -0.1) is 11.3 Å². The first-order valence-corrected chi connectivity index (χ1v) is 7.85. The number of anilines is 1. The normalized spacial score (nSPS) is 17.8. The molecule has 4 nitrogen and oxygen atoms in total. The zero-order valence-electron chi connectivity index (χ0n) is 11.9. The second-order valence-electron chi connectivity index (χ2n) is 5.56. The Morgan fingerprint density at radius 2 is 2.35 bits per heavy atom. The van der Waals surface area contributed by atoms with Gasteiger partial charge < -0.3 is 4.90 Å². The van der Waals surface area contributed by atoms with E-state index < -0.39 is 0 Å². The highest BCUT2D eigenvalue weighted by Gasteiger charge is 2.24. The summed E-state index contributed by atoms with van der Waals surface area (Å²) in [6.45, 7) is 3.03. The van der Waals surface area contributed by atoms with Crippen LogP contribution in [0.2, 0.25) is 0 Å². The molecule has 0 amide bonds. The molecule has 104 valence electrons. The first-order chi connectivity index (χ1) is 9.70. The minimum absolute atomic E-state index is 0.519. The van der Waals surface area contributed by atoms with Crippen LogP contribution >= 0.6 is 11.3 Å². The Hall–Kier alpha value is -1.67. The van der Waals surface area contributed by atoms with Crippen LogP contribution in [0.5, 0.6) is 0 Å². The van der Waals surface area contributed by atoms with E-state index in [2.05, 4.69) is 27.9 Å². The molecule has 2 aromatic heterocycles. The molecule has 0 bridgehead atoms. The Bertz CT molecular complexity index is 670. The molecule has 5 heteroatoms. The van der Waals surface area contributed by atoms with Crippen LogP contribution in [0.25, 0.3) is 10.2 Å². The number of hydrogen-bond acceptors (Lipinski definition) is 5. The fourth-order valence-electron chi connectivity index (χ4n) is 2.88. The minimum Gasteiger partial charge on any atom is -0.358 e. The zero-order valence-corrected chi connectivity index (χ0v) is 12.7. The Labute approximate surface area is 123 Å². The molecule has 0 N–H and O–H groups in total. The molecule has 2 heterocycles. The van der Waals surface area contributed by atoms with Crippen LogP contribution in [0.4, 0.5) is 5.82 Å². The van der Waals surface area contributed by atoms with Gasteiger partial charge in [-0.3, -0.25) is 0 Å². The van der Waals surface area contributed by atoms with Crippen molar-refractivity contribution in [2.75, 3.05) is 18.5 Å². The highest BCUT2D eigenvalue weighted by atomic mass is 32.1. The molecule has 0 radical (unpaired) electrons. The van der Waals surface area contributed by atoms with Gasteiger partial charge in [0.05, 0.1) is 17.9 Å². The molecule has 1 aliphatic rings. The van der Waals surface area contributed by atoms with Gasteiger partial charge >= 0.3 is 0 Å². The van der Waals surface area contributed by atoms with E-state index in [9.17, 15) is 0 Å². The maximum atomic E-state index is 8.75. The molecule has 3 rings (SSSR count). The van der Waals surface area contributed by atoms with Gasteiger partial charge in [0.1, 0.15) is 17.0 Å². The maximum Gasteiger partial charge on any atom is 0.140 e. The molecule has 2 aromatic rings. The van der Waals surface area contributed by atoms with E-state index in [4.69, 9.17) is 5.26 Å². The van der Waals surface area contributed by atoms with E-state index in [0.29, 0.717) is 13.0 Å². The number of nitriles is 1. The average molecular weight is 286 g/mol. The summed E-state index contributed by atoms with van der Waals surface area (Å²) in [6.07, 6.45) is 5.73. The van der Waals surface area contributed by atoms with Crippen LogP contribution in [0.1, 0.15) is 30.2 Å². The lowest BCUT2D eigenvalue weighted by atomic mass is 9.88. The van der Waals surface area contributed by atoms with Gasteiger partial charge in [0.25, 0.3) is 0 Å². The van der Waals surface area contributed by atoms with E-state index >= 15 is 0 Å². The van der Waals surface area contributed by atoms with Crippen LogP contribution in [-0.2, 0) is 12.8 Å². The summed E-state index contributed by atoms with van der Waals surface area (Å²) in [5.74, 6) is 1.72. The van der Waals surface area contributed by atoms with E-state index in [1.807, 2.05) is 18.4 Å². The highest BCUT2D eigenvalue weighted by molar-refractivity contribution is 7.19. The Balaban J connectivity index is 2.09. The van der Waals surface area contributed by atoms with Crippen LogP contribution in [0, 0.1) is 17.2 Å². The molecule has 1 aliphatic carbocycles. The SMILES string of the molecule is CC1CCc2sc3ncnc(N(C)CCC#N)c3c2C1. The van der Waals surface area contributed by atoms with Crippen molar-refractivity contribution in [3.63, 3.8) is 0 Å². The monoisotopic (exact) mass is 286 g/mol.